The second-order valence-corrected chi connectivity index (χ2v) is 10.2. The summed E-state index contributed by atoms with van der Waals surface area (Å²) in [5, 5.41) is 16.8. The Labute approximate surface area is 223 Å². The molecule has 38 heavy (non-hydrogen) atoms. The molecule has 0 saturated carbocycles. The van der Waals surface area contributed by atoms with E-state index < -0.39 is 16.8 Å². The van der Waals surface area contributed by atoms with E-state index in [1.54, 1.807) is 30.4 Å². The van der Waals surface area contributed by atoms with Crippen LogP contribution in [0.1, 0.15) is 42.0 Å². The number of thiophene rings is 1. The summed E-state index contributed by atoms with van der Waals surface area (Å²) >= 11 is 1.61. The molecule has 9 heteroatoms. The molecule has 0 saturated heterocycles. The summed E-state index contributed by atoms with van der Waals surface area (Å²) in [6, 6.07) is 19.3. The predicted molar refractivity (Wildman–Crippen MR) is 143 cm³/mol. The van der Waals surface area contributed by atoms with E-state index in [2.05, 4.69) is 5.32 Å². The minimum Gasteiger partial charge on any atom is -0.490 e. The zero-order chi connectivity index (χ0) is 26.6. The van der Waals surface area contributed by atoms with Crippen LogP contribution in [0.4, 0.5) is 5.69 Å². The average molecular weight is 531 g/mol. The van der Waals surface area contributed by atoms with Crippen LogP contribution in [0.25, 0.3) is 0 Å². The lowest BCUT2D eigenvalue weighted by Crippen LogP contribution is -2.36. The van der Waals surface area contributed by atoms with Crippen LogP contribution in [0, 0.1) is 10.1 Å². The van der Waals surface area contributed by atoms with Gasteiger partial charge in [-0.05, 0) is 42.5 Å². The molecule has 2 aromatic carbocycles. The van der Waals surface area contributed by atoms with Crippen LogP contribution in [0.3, 0.4) is 0 Å². The van der Waals surface area contributed by atoms with Gasteiger partial charge in [-0.1, -0.05) is 36.4 Å². The third-order valence-corrected chi connectivity index (χ3v) is 7.77. The smallest absolute Gasteiger partial charge is 0.336 e. The maximum absolute atomic E-state index is 13.6. The number of esters is 1. The van der Waals surface area contributed by atoms with Crippen molar-refractivity contribution in [1.82, 2.24) is 5.32 Å². The molecule has 1 aliphatic carbocycles. The normalized spacial score (nSPS) is 19.0. The Kier molecular flexibility index (Phi) is 7.37. The van der Waals surface area contributed by atoms with E-state index in [4.69, 9.17) is 9.47 Å². The van der Waals surface area contributed by atoms with E-state index >= 15 is 0 Å². The molecule has 1 aromatic heterocycles. The van der Waals surface area contributed by atoms with Crippen LogP contribution in [-0.4, -0.2) is 29.9 Å². The van der Waals surface area contributed by atoms with Gasteiger partial charge < -0.3 is 14.8 Å². The summed E-state index contributed by atoms with van der Waals surface area (Å²) in [7, 11) is 0. The third-order valence-electron chi connectivity index (χ3n) is 6.74. The Hall–Kier alpha value is -4.24. The van der Waals surface area contributed by atoms with Crippen molar-refractivity contribution in [3.63, 3.8) is 0 Å². The number of nitro groups is 1. The van der Waals surface area contributed by atoms with Gasteiger partial charge in [0.15, 0.2) is 5.78 Å². The fourth-order valence-electron chi connectivity index (χ4n) is 5.07. The molecule has 0 spiro atoms. The number of ketones is 1. The molecule has 2 heterocycles. The van der Waals surface area contributed by atoms with Crippen LogP contribution in [-0.2, 0) is 14.3 Å². The molecule has 2 aliphatic rings. The van der Waals surface area contributed by atoms with Gasteiger partial charge in [0.05, 0.1) is 10.5 Å². The third kappa shape index (κ3) is 5.24. The maximum Gasteiger partial charge on any atom is 0.336 e. The molecular weight excluding hydrogens is 504 g/mol. The maximum atomic E-state index is 13.6. The number of benzene rings is 2. The minimum atomic E-state index is -0.773. The number of hydrogen-bond acceptors (Lipinski definition) is 8. The van der Waals surface area contributed by atoms with Gasteiger partial charge in [0.1, 0.15) is 19.0 Å². The minimum absolute atomic E-state index is 0.00642. The zero-order valence-electron chi connectivity index (χ0n) is 20.7. The van der Waals surface area contributed by atoms with Gasteiger partial charge >= 0.3 is 5.97 Å². The molecule has 3 aromatic rings. The summed E-state index contributed by atoms with van der Waals surface area (Å²) in [4.78, 5) is 39.2. The molecule has 194 valence electrons. The van der Waals surface area contributed by atoms with Gasteiger partial charge in [0.2, 0.25) is 0 Å². The number of ether oxygens (including phenoxy) is 2. The van der Waals surface area contributed by atoms with Gasteiger partial charge in [-0.2, -0.15) is 0 Å². The average Bonchev–Trinajstić information content (AvgIpc) is 3.46. The van der Waals surface area contributed by atoms with E-state index in [9.17, 15) is 19.7 Å². The van der Waals surface area contributed by atoms with Gasteiger partial charge in [-0.15, -0.1) is 11.3 Å². The Morgan fingerprint density at radius 2 is 1.89 bits per heavy atom. The molecule has 5 rings (SSSR count). The first kappa shape index (κ1) is 25.4. The largest absolute Gasteiger partial charge is 0.490 e. The first-order valence-electron chi connectivity index (χ1n) is 12.3. The van der Waals surface area contributed by atoms with E-state index in [-0.39, 0.29) is 36.2 Å². The quantitative estimate of drug-likeness (QED) is 0.174. The van der Waals surface area contributed by atoms with Crippen LogP contribution < -0.4 is 10.1 Å². The summed E-state index contributed by atoms with van der Waals surface area (Å²) < 4.78 is 11.2. The number of rotatable bonds is 8. The van der Waals surface area contributed by atoms with Crippen LogP contribution in [0.15, 0.2) is 94.7 Å². The predicted octanol–water partition coefficient (Wildman–Crippen LogP) is 5.64. The summed E-state index contributed by atoms with van der Waals surface area (Å²) in [6.45, 7) is 1.93. The van der Waals surface area contributed by atoms with Crippen molar-refractivity contribution < 1.29 is 24.0 Å². The fourth-order valence-corrected chi connectivity index (χ4v) is 5.90. The Balaban J connectivity index is 1.45. The number of Topliss-reactive ketones (excluding diaryl/α,β-unsaturated/α-hetero) is 1. The lowest BCUT2D eigenvalue weighted by atomic mass is 9.72. The topological polar surface area (TPSA) is 108 Å². The number of nitro benzene ring substituents is 1. The second-order valence-electron chi connectivity index (χ2n) is 9.18. The van der Waals surface area contributed by atoms with E-state index in [0.717, 1.165) is 10.6 Å². The standard InChI is InChI=1S/C29H26N2O6S/c1-18-26(29(33)37-13-12-36-22-9-3-2-4-10-22)27(19-7-5-8-21(15-19)31(34)35)28-23(30-18)16-20(17-24(28)32)25-11-6-14-38-25/h2-11,14-15,20,27,30H,12-13,16-17H2,1H3/t20-,27+/m0/s1. The van der Waals surface area contributed by atoms with Gasteiger partial charge in [0.25, 0.3) is 5.69 Å². The number of dihydropyridines is 1. The van der Waals surface area contributed by atoms with Crippen molar-refractivity contribution >= 4 is 28.8 Å². The second kappa shape index (κ2) is 11.0. The number of hydrogen-bond donors (Lipinski definition) is 1. The molecule has 1 aliphatic heterocycles. The summed E-state index contributed by atoms with van der Waals surface area (Å²) in [6.07, 6.45) is 0.913. The fraction of sp³-hybridized carbons (Fsp3) is 0.241. The van der Waals surface area contributed by atoms with E-state index in [1.807, 2.05) is 47.8 Å². The molecule has 2 atom stereocenters. The SMILES string of the molecule is CC1=C(C(=O)OCCOc2ccccc2)[C@@H](c2cccc([N+](=O)[O-])c2)C2=C(C[C@H](c3cccs3)CC2=O)N1. The number of carbonyl (C=O) groups excluding carboxylic acids is 2. The lowest BCUT2D eigenvalue weighted by Gasteiger charge is -2.36. The Morgan fingerprint density at radius 3 is 2.63 bits per heavy atom. The zero-order valence-corrected chi connectivity index (χ0v) is 21.5. The summed E-state index contributed by atoms with van der Waals surface area (Å²) in [5.41, 5.74) is 2.45. The van der Waals surface area contributed by atoms with E-state index in [0.29, 0.717) is 35.4 Å². The summed E-state index contributed by atoms with van der Waals surface area (Å²) in [5.74, 6) is -0.751. The van der Waals surface area contributed by atoms with Gasteiger partial charge in [0, 0.05) is 52.2 Å². The molecule has 1 N–H and O–H groups in total. The Bertz CT molecular complexity index is 1430. The first-order chi connectivity index (χ1) is 18.4. The van der Waals surface area contributed by atoms with Crippen LogP contribution >= 0.6 is 11.3 Å². The molecule has 8 nitrogen and oxygen atoms in total. The molecule has 0 amide bonds. The molecule has 0 radical (unpaired) electrons. The van der Waals surface area contributed by atoms with Crippen molar-refractivity contribution in [3.05, 3.63) is 115 Å². The van der Waals surface area contributed by atoms with Crippen molar-refractivity contribution in [1.29, 1.82) is 0 Å². The monoisotopic (exact) mass is 530 g/mol. The number of para-hydroxylation sites is 1. The molecule has 0 bridgehead atoms. The molecular formula is C29H26N2O6S. The molecule has 0 fully saturated rings. The highest BCUT2D eigenvalue weighted by atomic mass is 32.1. The number of allylic oxidation sites excluding steroid dienone is 3. The van der Waals surface area contributed by atoms with Crippen molar-refractivity contribution in [2.75, 3.05) is 13.2 Å². The number of nitrogens with zero attached hydrogens (tertiary/aromatic N) is 1. The number of non-ortho nitro benzene ring substituents is 1. The van der Waals surface area contributed by atoms with Crippen molar-refractivity contribution in [2.24, 2.45) is 0 Å². The first-order valence-corrected chi connectivity index (χ1v) is 13.2. The highest BCUT2D eigenvalue weighted by molar-refractivity contribution is 7.10. The van der Waals surface area contributed by atoms with Crippen LogP contribution in [0.2, 0.25) is 0 Å². The highest BCUT2D eigenvalue weighted by Crippen LogP contribution is 2.46. The number of nitrogens with one attached hydrogen (secondary N) is 1. The van der Waals surface area contributed by atoms with Crippen LogP contribution in [0.5, 0.6) is 5.75 Å². The Morgan fingerprint density at radius 1 is 1.08 bits per heavy atom. The van der Waals surface area contributed by atoms with E-state index in [1.165, 1.54) is 12.1 Å². The van der Waals surface area contributed by atoms with Gasteiger partial charge in [-0.3, -0.25) is 14.9 Å². The van der Waals surface area contributed by atoms with Gasteiger partial charge in [-0.25, -0.2) is 4.79 Å². The van der Waals surface area contributed by atoms with Crippen molar-refractivity contribution in [2.45, 2.75) is 31.6 Å². The van der Waals surface area contributed by atoms with Crippen molar-refractivity contribution in [3.8, 4) is 5.75 Å². The molecule has 0 unspecified atom stereocenters. The highest BCUT2D eigenvalue weighted by Gasteiger charge is 2.42. The lowest BCUT2D eigenvalue weighted by molar-refractivity contribution is -0.384. The number of carbonyl (C=O) groups is 2.